The number of carbonyl (C=O) groups is 1. The molecule has 2 aromatic carbocycles. The first kappa shape index (κ1) is 19.6. The van der Waals surface area contributed by atoms with Crippen LogP contribution in [0.15, 0.2) is 72.5 Å². The number of nitrogens with one attached hydrogen (secondary N) is 2. The van der Waals surface area contributed by atoms with Crippen molar-refractivity contribution in [2.24, 2.45) is 0 Å². The molecule has 1 aliphatic heterocycles. The molecule has 0 unspecified atom stereocenters. The van der Waals surface area contributed by atoms with Crippen molar-refractivity contribution < 1.29 is 9.53 Å². The fraction of sp³-hybridized carbons (Fsp3) is 0.136. The Bertz CT molecular complexity index is 916. The summed E-state index contributed by atoms with van der Waals surface area (Å²) >= 11 is 5.92. The summed E-state index contributed by atoms with van der Waals surface area (Å²) in [5, 5.41) is 5.26. The van der Waals surface area contributed by atoms with Crippen molar-refractivity contribution in [1.29, 1.82) is 0 Å². The molecule has 0 spiro atoms. The van der Waals surface area contributed by atoms with Crippen LogP contribution in [0.2, 0.25) is 5.02 Å². The van der Waals surface area contributed by atoms with Gasteiger partial charge in [-0.15, -0.1) is 0 Å². The average molecular weight is 396 g/mol. The third-order valence-electron chi connectivity index (χ3n) is 4.23. The van der Waals surface area contributed by atoms with Crippen LogP contribution in [0.5, 0.6) is 5.75 Å². The summed E-state index contributed by atoms with van der Waals surface area (Å²) in [5.74, 6) is 0.643. The summed E-state index contributed by atoms with van der Waals surface area (Å²) in [6.07, 6.45) is 7.65. The zero-order valence-electron chi connectivity index (χ0n) is 15.8. The van der Waals surface area contributed by atoms with Crippen LogP contribution in [0.1, 0.15) is 11.1 Å². The molecule has 144 valence electrons. The van der Waals surface area contributed by atoms with Crippen molar-refractivity contribution in [2.45, 2.75) is 0 Å². The van der Waals surface area contributed by atoms with Gasteiger partial charge in [-0.3, -0.25) is 15.2 Å². The molecular weight excluding hydrogens is 374 g/mol. The number of methoxy groups -OCH3 is 1. The van der Waals surface area contributed by atoms with E-state index in [1.807, 2.05) is 71.8 Å². The maximum absolute atomic E-state index is 12.2. The maximum Gasteiger partial charge on any atom is 0.252 e. The fourth-order valence-corrected chi connectivity index (χ4v) is 2.87. The topological polar surface area (TPSA) is 53.6 Å². The average Bonchev–Trinajstić information content (AvgIpc) is 2.74. The Hall–Kier alpha value is -3.18. The van der Waals surface area contributed by atoms with E-state index in [9.17, 15) is 4.79 Å². The predicted molar refractivity (Wildman–Crippen MR) is 113 cm³/mol. The molecule has 1 amide bonds. The largest absolute Gasteiger partial charge is 0.497 e. The summed E-state index contributed by atoms with van der Waals surface area (Å²) in [5.41, 5.74) is 6.77. The Morgan fingerprint density at radius 3 is 2.54 bits per heavy atom. The Morgan fingerprint density at radius 1 is 1.18 bits per heavy atom. The lowest BCUT2D eigenvalue weighted by molar-refractivity contribution is -0.116. The van der Waals surface area contributed by atoms with Crippen molar-refractivity contribution >= 4 is 29.3 Å². The Balaban J connectivity index is 1.77. The molecule has 6 heteroatoms. The molecular formula is C22H22ClN3O2. The number of halogens is 1. The molecule has 0 bridgehead atoms. The van der Waals surface area contributed by atoms with E-state index >= 15 is 0 Å². The van der Waals surface area contributed by atoms with Crippen molar-refractivity contribution in [2.75, 3.05) is 20.7 Å². The SMILES string of the molecule is CNC(=O)C1=CN(CC=Cc2ccc(Cl)cc2)NC(c2ccc(OC)cc2)=C1. The second-order valence-corrected chi connectivity index (χ2v) is 6.60. The van der Waals surface area contributed by atoms with Crippen LogP contribution in [-0.4, -0.2) is 31.6 Å². The number of hydrazine groups is 1. The number of hydrogen-bond donors (Lipinski definition) is 2. The van der Waals surface area contributed by atoms with Gasteiger partial charge in [0.2, 0.25) is 0 Å². The lowest BCUT2D eigenvalue weighted by Crippen LogP contribution is -2.37. The molecule has 0 aliphatic carbocycles. The minimum Gasteiger partial charge on any atom is -0.497 e. The van der Waals surface area contributed by atoms with Gasteiger partial charge >= 0.3 is 0 Å². The first-order chi connectivity index (χ1) is 13.6. The van der Waals surface area contributed by atoms with Crippen LogP contribution in [0, 0.1) is 0 Å². The number of amides is 1. The van der Waals surface area contributed by atoms with E-state index < -0.39 is 0 Å². The van der Waals surface area contributed by atoms with E-state index in [4.69, 9.17) is 16.3 Å². The molecule has 0 saturated carbocycles. The number of nitrogens with zero attached hydrogens (tertiary/aromatic N) is 1. The van der Waals surface area contributed by atoms with Gasteiger partial charge in [0, 0.05) is 18.3 Å². The highest BCUT2D eigenvalue weighted by molar-refractivity contribution is 6.30. The second-order valence-electron chi connectivity index (χ2n) is 6.17. The van der Waals surface area contributed by atoms with Gasteiger partial charge in [0.05, 0.1) is 24.9 Å². The standard InChI is InChI=1S/C22H22ClN3O2/c1-24-22(27)18-14-21(17-7-11-20(28-2)12-8-17)25-26(15-18)13-3-4-16-5-9-19(23)10-6-16/h3-12,14-15,25H,13H2,1-2H3,(H,24,27). The molecule has 0 radical (unpaired) electrons. The van der Waals surface area contributed by atoms with Crippen molar-refractivity contribution in [1.82, 2.24) is 15.8 Å². The van der Waals surface area contributed by atoms with Gasteiger partial charge in [-0.2, -0.15) is 0 Å². The van der Waals surface area contributed by atoms with E-state index in [2.05, 4.69) is 10.7 Å². The minimum absolute atomic E-state index is 0.140. The van der Waals surface area contributed by atoms with Gasteiger partial charge in [-0.25, -0.2) is 0 Å². The quantitative estimate of drug-likeness (QED) is 0.780. The van der Waals surface area contributed by atoms with E-state index in [1.165, 1.54) is 0 Å². The smallest absolute Gasteiger partial charge is 0.252 e. The third-order valence-corrected chi connectivity index (χ3v) is 4.48. The minimum atomic E-state index is -0.140. The molecule has 1 heterocycles. The highest BCUT2D eigenvalue weighted by atomic mass is 35.5. The summed E-state index contributed by atoms with van der Waals surface area (Å²) in [6.45, 7) is 0.580. The zero-order valence-corrected chi connectivity index (χ0v) is 16.5. The molecule has 0 atom stereocenters. The van der Waals surface area contributed by atoms with E-state index in [1.54, 1.807) is 20.4 Å². The monoisotopic (exact) mass is 395 g/mol. The summed E-state index contributed by atoms with van der Waals surface area (Å²) < 4.78 is 5.21. The fourth-order valence-electron chi connectivity index (χ4n) is 2.74. The highest BCUT2D eigenvalue weighted by Gasteiger charge is 2.16. The number of ether oxygens (including phenoxy) is 1. The molecule has 0 fully saturated rings. The van der Waals surface area contributed by atoms with Gasteiger partial charge in [-0.05, 0) is 53.6 Å². The molecule has 0 saturated heterocycles. The van der Waals surface area contributed by atoms with Crippen LogP contribution >= 0.6 is 11.6 Å². The van der Waals surface area contributed by atoms with E-state index in [0.29, 0.717) is 17.1 Å². The predicted octanol–water partition coefficient (Wildman–Crippen LogP) is 3.85. The molecule has 28 heavy (non-hydrogen) atoms. The first-order valence-electron chi connectivity index (χ1n) is 8.84. The summed E-state index contributed by atoms with van der Waals surface area (Å²) in [6, 6.07) is 15.3. The van der Waals surface area contributed by atoms with Crippen LogP contribution in [-0.2, 0) is 4.79 Å². The second kappa shape index (κ2) is 9.15. The lowest BCUT2D eigenvalue weighted by atomic mass is 10.1. The molecule has 3 rings (SSSR count). The van der Waals surface area contributed by atoms with Crippen LogP contribution in [0.25, 0.3) is 11.8 Å². The van der Waals surface area contributed by atoms with Crippen LogP contribution in [0.4, 0.5) is 0 Å². The van der Waals surface area contributed by atoms with Crippen LogP contribution < -0.4 is 15.5 Å². The van der Waals surface area contributed by atoms with Gasteiger partial charge in [0.1, 0.15) is 5.75 Å². The first-order valence-corrected chi connectivity index (χ1v) is 9.22. The Kier molecular flexibility index (Phi) is 6.40. The van der Waals surface area contributed by atoms with Crippen molar-refractivity contribution in [3.63, 3.8) is 0 Å². The molecule has 2 N–H and O–H groups in total. The molecule has 0 aromatic heterocycles. The Labute approximate surface area is 169 Å². The molecule has 1 aliphatic rings. The lowest BCUT2D eigenvalue weighted by Gasteiger charge is -2.28. The summed E-state index contributed by atoms with van der Waals surface area (Å²) in [7, 11) is 3.26. The molecule has 2 aromatic rings. The van der Waals surface area contributed by atoms with Gasteiger partial charge < -0.3 is 10.1 Å². The van der Waals surface area contributed by atoms with E-state index in [-0.39, 0.29) is 5.91 Å². The van der Waals surface area contributed by atoms with Crippen LogP contribution in [0.3, 0.4) is 0 Å². The van der Waals surface area contributed by atoms with Gasteiger partial charge in [0.15, 0.2) is 0 Å². The zero-order chi connectivity index (χ0) is 19.9. The number of hydrogen-bond acceptors (Lipinski definition) is 4. The normalized spacial score (nSPS) is 13.6. The van der Waals surface area contributed by atoms with E-state index in [0.717, 1.165) is 22.6 Å². The number of benzene rings is 2. The van der Waals surface area contributed by atoms with Gasteiger partial charge in [-0.1, -0.05) is 35.9 Å². The summed E-state index contributed by atoms with van der Waals surface area (Å²) in [4.78, 5) is 12.2. The number of carbonyl (C=O) groups excluding carboxylic acids is 1. The highest BCUT2D eigenvalue weighted by Crippen LogP contribution is 2.22. The molecule has 5 nitrogen and oxygen atoms in total. The van der Waals surface area contributed by atoms with Crippen molar-refractivity contribution in [3.8, 4) is 5.75 Å². The van der Waals surface area contributed by atoms with Gasteiger partial charge in [0.25, 0.3) is 5.91 Å². The number of likely N-dealkylation sites (N-methyl/N-ethyl adjacent to an activating group) is 1. The number of rotatable bonds is 6. The third kappa shape index (κ3) is 4.96. The maximum atomic E-state index is 12.2. The van der Waals surface area contributed by atoms with Crippen molar-refractivity contribution in [3.05, 3.63) is 88.6 Å². The Morgan fingerprint density at radius 2 is 1.89 bits per heavy atom.